The van der Waals surface area contributed by atoms with E-state index in [2.05, 4.69) is 15.9 Å². The van der Waals surface area contributed by atoms with Gasteiger partial charge in [0.2, 0.25) is 0 Å². The van der Waals surface area contributed by atoms with Gasteiger partial charge in [0.05, 0.1) is 0 Å². The monoisotopic (exact) mass is 282 g/mol. The third-order valence-corrected chi connectivity index (χ3v) is 4.18. The van der Waals surface area contributed by atoms with E-state index in [1.54, 1.807) is 11.3 Å². The molecule has 0 radical (unpaired) electrons. The van der Waals surface area contributed by atoms with Crippen LogP contribution in [0.15, 0.2) is 45.6 Å². The standard InChI is InChI=1S/C12H11BrOS/c1-12(14,9-5-3-2-4-6-9)10-7-15-8-11(10)13/h2-8,14H,1H3. The van der Waals surface area contributed by atoms with E-state index >= 15 is 0 Å². The van der Waals surface area contributed by atoms with Crippen molar-refractivity contribution >= 4 is 27.3 Å². The van der Waals surface area contributed by atoms with Crippen LogP contribution in [0.3, 0.4) is 0 Å². The number of thiophene rings is 1. The lowest BCUT2D eigenvalue weighted by Crippen LogP contribution is -2.22. The summed E-state index contributed by atoms with van der Waals surface area (Å²) in [4.78, 5) is 0. The fraction of sp³-hybridized carbons (Fsp3) is 0.167. The van der Waals surface area contributed by atoms with E-state index in [1.807, 2.05) is 48.0 Å². The average Bonchev–Trinajstić information content (AvgIpc) is 2.66. The van der Waals surface area contributed by atoms with Gasteiger partial charge in [0, 0.05) is 15.4 Å². The molecule has 0 aliphatic heterocycles. The van der Waals surface area contributed by atoms with Crippen LogP contribution in [-0.2, 0) is 5.60 Å². The summed E-state index contributed by atoms with van der Waals surface area (Å²) >= 11 is 5.03. The number of rotatable bonds is 2. The van der Waals surface area contributed by atoms with Crippen molar-refractivity contribution in [2.24, 2.45) is 0 Å². The highest BCUT2D eigenvalue weighted by Crippen LogP contribution is 2.36. The Morgan fingerprint density at radius 3 is 2.40 bits per heavy atom. The van der Waals surface area contributed by atoms with Crippen molar-refractivity contribution < 1.29 is 5.11 Å². The molecule has 0 fully saturated rings. The molecule has 0 spiro atoms. The Balaban J connectivity index is 2.48. The molecule has 2 aromatic rings. The lowest BCUT2D eigenvalue weighted by molar-refractivity contribution is 0.102. The van der Waals surface area contributed by atoms with Crippen molar-refractivity contribution in [3.8, 4) is 0 Å². The minimum Gasteiger partial charge on any atom is -0.381 e. The molecule has 3 heteroatoms. The summed E-state index contributed by atoms with van der Waals surface area (Å²) < 4.78 is 0.960. The number of hydrogen-bond donors (Lipinski definition) is 1. The Bertz CT molecular complexity index is 448. The van der Waals surface area contributed by atoms with Crippen molar-refractivity contribution in [3.63, 3.8) is 0 Å². The zero-order valence-corrected chi connectivity index (χ0v) is 10.7. The molecule has 1 aromatic carbocycles. The van der Waals surface area contributed by atoms with Crippen LogP contribution >= 0.6 is 27.3 Å². The highest BCUT2D eigenvalue weighted by Gasteiger charge is 2.27. The van der Waals surface area contributed by atoms with Gasteiger partial charge in [-0.15, -0.1) is 0 Å². The lowest BCUT2D eigenvalue weighted by Gasteiger charge is -2.23. The normalized spacial score (nSPS) is 14.9. The molecule has 78 valence electrons. The second kappa shape index (κ2) is 4.08. The first-order chi connectivity index (χ1) is 7.12. The topological polar surface area (TPSA) is 20.2 Å². The molecular weight excluding hydrogens is 272 g/mol. The van der Waals surface area contributed by atoms with Gasteiger partial charge in [-0.05, 0) is 33.8 Å². The molecule has 1 nitrogen and oxygen atoms in total. The Morgan fingerprint density at radius 1 is 1.20 bits per heavy atom. The summed E-state index contributed by atoms with van der Waals surface area (Å²) in [5.41, 5.74) is 0.892. The fourth-order valence-corrected chi connectivity index (χ4v) is 3.33. The Hall–Kier alpha value is -0.640. The van der Waals surface area contributed by atoms with Gasteiger partial charge in [-0.1, -0.05) is 30.3 Å². The van der Waals surface area contributed by atoms with Gasteiger partial charge in [0.1, 0.15) is 5.60 Å². The minimum absolute atomic E-state index is 0.907. The summed E-state index contributed by atoms with van der Waals surface area (Å²) in [6.45, 7) is 1.81. The van der Waals surface area contributed by atoms with Crippen molar-refractivity contribution in [1.29, 1.82) is 0 Å². The highest BCUT2D eigenvalue weighted by atomic mass is 79.9. The number of halogens is 1. The zero-order valence-electron chi connectivity index (χ0n) is 8.27. The molecule has 0 aliphatic carbocycles. The molecule has 1 N–H and O–H groups in total. The molecule has 0 saturated heterocycles. The van der Waals surface area contributed by atoms with E-state index < -0.39 is 5.60 Å². The first kappa shape index (κ1) is 10.9. The maximum Gasteiger partial charge on any atom is 0.114 e. The average molecular weight is 283 g/mol. The molecule has 1 unspecified atom stereocenters. The Kier molecular flexibility index (Phi) is 2.96. The van der Waals surface area contributed by atoms with Crippen LogP contribution < -0.4 is 0 Å². The van der Waals surface area contributed by atoms with Gasteiger partial charge in [-0.2, -0.15) is 11.3 Å². The molecule has 1 heterocycles. The number of aliphatic hydroxyl groups is 1. The van der Waals surface area contributed by atoms with Crippen LogP contribution in [0.2, 0.25) is 0 Å². The summed E-state index contributed by atoms with van der Waals surface area (Å²) in [5.74, 6) is 0. The molecular formula is C12H11BrOS. The largest absolute Gasteiger partial charge is 0.381 e. The smallest absolute Gasteiger partial charge is 0.114 e. The van der Waals surface area contributed by atoms with E-state index in [4.69, 9.17) is 0 Å². The second-order valence-corrected chi connectivity index (χ2v) is 5.17. The van der Waals surface area contributed by atoms with Gasteiger partial charge >= 0.3 is 0 Å². The third-order valence-electron chi connectivity index (χ3n) is 2.48. The van der Waals surface area contributed by atoms with E-state index in [0.29, 0.717) is 0 Å². The minimum atomic E-state index is -0.930. The summed E-state index contributed by atoms with van der Waals surface area (Å²) in [6.07, 6.45) is 0. The summed E-state index contributed by atoms with van der Waals surface area (Å²) in [5, 5.41) is 14.5. The predicted molar refractivity (Wildman–Crippen MR) is 67.1 cm³/mol. The van der Waals surface area contributed by atoms with Crippen LogP contribution in [-0.4, -0.2) is 5.11 Å². The maximum atomic E-state index is 10.5. The maximum absolute atomic E-state index is 10.5. The predicted octanol–water partition coefficient (Wildman–Crippen LogP) is 3.77. The van der Waals surface area contributed by atoms with Crippen molar-refractivity contribution in [3.05, 3.63) is 56.7 Å². The molecule has 0 saturated carbocycles. The fourth-order valence-electron chi connectivity index (χ4n) is 1.55. The number of benzene rings is 1. The number of hydrogen-bond acceptors (Lipinski definition) is 2. The van der Waals surface area contributed by atoms with Crippen LogP contribution in [0, 0.1) is 0 Å². The van der Waals surface area contributed by atoms with Crippen molar-refractivity contribution in [2.45, 2.75) is 12.5 Å². The molecule has 1 aromatic heterocycles. The van der Waals surface area contributed by atoms with E-state index in [9.17, 15) is 5.11 Å². The van der Waals surface area contributed by atoms with E-state index in [0.717, 1.165) is 15.6 Å². The van der Waals surface area contributed by atoms with Crippen LogP contribution in [0.25, 0.3) is 0 Å². The molecule has 1 atom stereocenters. The molecule has 0 amide bonds. The Morgan fingerprint density at radius 2 is 1.87 bits per heavy atom. The molecule has 0 aliphatic rings. The highest BCUT2D eigenvalue weighted by molar-refractivity contribution is 9.10. The van der Waals surface area contributed by atoms with Gasteiger partial charge < -0.3 is 5.11 Å². The summed E-state index contributed by atoms with van der Waals surface area (Å²) in [6, 6.07) is 9.69. The van der Waals surface area contributed by atoms with Gasteiger partial charge in [0.25, 0.3) is 0 Å². The van der Waals surface area contributed by atoms with Gasteiger partial charge in [0.15, 0.2) is 0 Å². The summed E-state index contributed by atoms with van der Waals surface area (Å²) in [7, 11) is 0. The zero-order chi connectivity index (χ0) is 10.9. The van der Waals surface area contributed by atoms with Crippen LogP contribution in [0.5, 0.6) is 0 Å². The van der Waals surface area contributed by atoms with Crippen LogP contribution in [0.4, 0.5) is 0 Å². The first-order valence-corrected chi connectivity index (χ1v) is 6.36. The second-order valence-electron chi connectivity index (χ2n) is 3.57. The van der Waals surface area contributed by atoms with Crippen molar-refractivity contribution in [2.75, 3.05) is 0 Å². The van der Waals surface area contributed by atoms with E-state index in [1.165, 1.54) is 0 Å². The SMILES string of the molecule is CC(O)(c1ccccc1)c1cscc1Br. The lowest BCUT2D eigenvalue weighted by atomic mass is 9.90. The quantitative estimate of drug-likeness (QED) is 0.889. The van der Waals surface area contributed by atoms with Gasteiger partial charge in [-0.25, -0.2) is 0 Å². The Labute approximate surface area is 102 Å². The third kappa shape index (κ3) is 2.00. The molecule has 15 heavy (non-hydrogen) atoms. The van der Waals surface area contributed by atoms with Gasteiger partial charge in [-0.3, -0.25) is 0 Å². The van der Waals surface area contributed by atoms with Crippen LogP contribution in [0.1, 0.15) is 18.1 Å². The van der Waals surface area contributed by atoms with Crippen molar-refractivity contribution in [1.82, 2.24) is 0 Å². The van der Waals surface area contributed by atoms with E-state index in [-0.39, 0.29) is 0 Å². The first-order valence-electron chi connectivity index (χ1n) is 4.62. The molecule has 2 rings (SSSR count). The molecule has 0 bridgehead atoms.